The minimum atomic E-state index is 0.150. The smallest absolute Gasteiger partial charge is 0.00574 e. The average molecular weight is 387 g/mol. The molecule has 4 rings (SSSR count). The monoisotopic (exact) mass is 386 g/mol. The van der Waals surface area contributed by atoms with Gasteiger partial charge in [-0.1, -0.05) is 114 Å². The minimum absolute atomic E-state index is 0.150. The Morgan fingerprint density at radius 2 is 1.45 bits per heavy atom. The number of fused-ring (bicyclic) bond motifs is 1. The Bertz CT molecular complexity index is 882. The molecule has 2 aromatic carbocycles. The van der Waals surface area contributed by atoms with Crippen molar-refractivity contribution in [2.45, 2.75) is 90.9 Å². The fourth-order valence-corrected chi connectivity index (χ4v) is 5.64. The summed E-state index contributed by atoms with van der Waals surface area (Å²) in [5.74, 6) is 0. The maximum atomic E-state index is 2.55. The Morgan fingerprint density at radius 1 is 0.793 bits per heavy atom. The van der Waals surface area contributed by atoms with Gasteiger partial charge in [-0.05, 0) is 64.3 Å². The topological polar surface area (TPSA) is 0 Å². The van der Waals surface area contributed by atoms with Gasteiger partial charge >= 0.3 is 0 Å². The van der Waals surface area contributed by atoms with Crippen LogP contribution in [0.25, 0.3) is 17.2 Å². The highest BCUT2D eigenvalue weighted by molar-refractivity contribution is 5.82. The molecular weight excluding hydrogens is 348 g/mol. The maximum absolute atomic E-state index is 2.55. The molecule has 0 heterocycles. The van der Waals surface area contributed by atoms with Crippen molar-refractivity contribution < 1.29 is 0 Å². The van der Waals surface area contributed by atoms with Crippen LogP contribution in [-0.4, -0.2) is 0 Å². The molecule has 0 unspecified atom stereocenters. The van der Waals surface area contributed by atoms with E-state index in [0.717, 1.165) is 6.42 Å². The lowest BCUT2D eigenvalue weighted by Gasteiger charge is -2.32. The highest BCUT2D eigenvalue weighted by Crippen LogP contribution is 2.44. The zero-order valence-electron chi connectivity index (χ0n) is 19.0. The molecule has 2 aromatic rings. The summed E-state index contributed by atoms with van der Waals surface area (Å²) in [7, 11) is 0. The van der Waals surface area contributed by atoms with Gasteiger partial charge in [0.05, 0.1) is 0 Å². The van der Waals surface area contributed by atoms with Crippen LogP contribution in [-0.2, 0) is 11.8 Å². The fourth-order valence-electron chi connectivity index (χ4n) is 5.64. The van der Waals surface area contributed by atoms with E-state index in [0.29, 0.717) is 5.41 Å². The summed E-state index contributed by atoms with van der Waals surface area (Å²) < 4.78 is 0. The third-order valence-corrected chi connectivity index (χ3v) is 7.20. The zero-order chi connectivity index (χ0) is 20.5. The summed E-state index contributed by atoms with van der Waals surface area (Å²) in [6.45, 7) is 9.53. The van der Waals surface area contributed by atoms with E-state index >= 15 is 0 Å². The highest BCUT2D eigenvalue weighted by Gasteiger charge is 2.29. The number of hydrogen-bond acceptors (Lipinski definition) is 0. The van der Waals surface area contributed by atoms with Crippen LogP contribution in [0.5, 0.6) is 0 Å². The molecule has 0 radical (unpaired) electrons. The highest BCUT2D eigenvalue weighted by atomic mass is 14.3. The molecule has 2 aliphatic carbocycles. The molecular formula is C29H38. The van der Waals surface area contributed by atoms with Crippen LogP contribution in [0.3, 0.4) is 0 Å². The van der Waals surface area contributed by atoms with Crippen LogP contribution in [0.2, 0.25) is 0 Å². The van der Waals surface area contributed by atoms with Crippen molar-refractivity contribution in [3.8, 4) is 11.1 Å². The van der Waals surface area contributed by atoms with Gasteiger partial charge in [0.1, 0.15) is 0 Å². The van der Waals surface area contributed by atoms with Gasteiger partial charge in [-0.3, -0.25) is 0 Å². The number of rotatable bonds is 3. The molecule has 0 spiro atoms. The number of benzene rings is 2. The molecule has 0 nitrogen and oxygen atoms in total. The van der Waals surface area contributed by atoms with Gasteiger partial charge in [0.15, 0.2) is 0 Å². The Balaban J connectivity index is 1.66. The molecule has 0 amide bonds. The van der Waals surface area contributed by atoms with E-state index in [1.54, 1.807) is 5.57 Å². The van der Waals surface area contributed by atoms with Crippen LogP contribution < -0.4 is 0 Å². The van der Waals surface area contributed by atoms with E-state index < -0.39 is 0 Å². The van der Waals surface area contributed by atoms with E-state index in [4.69, 9.17) is 0 Å². The van der Waals surface area contributed by atoms with E-state index in [2.05, 4.69) is 76.2 Å². The number of allylic oxidation sites excluding steroid dienone is 1. The quantitative estimate of drug-likeness (QED) is 0.494. The lowest BCUT2D eigenvalue weighted by molar-refractivity contribution is 0.234. The van der Waals surface area contributed by atoms with Crippen LogP contribution in [0, 0.1) is 5.41 Å². The average Bonchev–Trinajstić information content (AvgIpc) is 3.06. The van der Waals surface area contributed by atoms with E-state index in [9.17, 15) is 0 Å². The minimum Gasteiger partial charge on any atom is -0.0646 e. The molecule has 29 heavy (non-hydrogen) atoms. The standard InChI is InChI=1S/C29H38/c1-28(2,3)27-16-9-8-14-25(27)24-15-12-13-23-19-22(20-26(23)24)21-29(4)17-10-6-5-7-11-18-29/h8-9,12-16,20H,5-7,10-11,17-19,21H2,1-4H3. The van der Waals surface area contributed by atoms with E-state index in [-0.39, 0.29) is 5.41 Å². The Kier molecular flexibility index (Phi) is 5.74. The molecule has 0 atom stereocenters. The van der Waals surface area contributed by atoms with Crippen molar-refractivity contribution in [3.05, 3.63) is 64.7 Å². The van der Waals surface area contributed by atoms with Crippen molar-refractivity contribution in [3.63, 3.8) is 0 Å². The third-order valence-electron chi connectivity index (χ3n) is 7.20. The van der Waals surface area contributed by atoms with E-state index in [1.165, 1.54) is 79.2 Å². The predicted octanol–water partition coefficient (Wildman–Crippen LogP) is 8.73. The molecule has 1 saturated carbocycles. The summed E-state index contributed by atoms with van der Waals surface area (Å²) in [4.78, 5) is 0. The van der Waals surface area contributed by atoms with Gasteiger partial charge in [-0.2, -0.15) is 0 Å². The van der Waals surface area contributed by atoms with Crippen LogP contribution in [0.4, 0.5) is 0 Å². The van der Waals surface area contributed by atoms with Crippen LogP contribution in [0.15, 0.2) is 48.0 Å². The fraction of sp³-hybridized carbons (Fsp3) is 0.517. The lowest BCUT2D eigenvalue weighted by Crippen LogP contribution is -2.18. The second kappa shape index (κ2) is 8.13. The third kappa shape index (κ3) is 4.52. The lowest BCUT2D eigenvalue weighted by atomic mass is 9.73. The molecule has 0 N–H and O–H groups in total. The summed E-state index contributed by atoms with van der Waals surface area (Å²) in [5, 5.41) is 0. The van der Waals surface area contributed by atoms with Crippen LogP contribution >= 0.6 is 0 Å². The van der Waals surface area contributed by atoms with Crippen molar-refractivity contribution >= 4 is 6.08 Å². The summed E-state index contributed by atoms with van der Waals surface area (Å²) in [5.41, 5.74) is 9.59. The van der Waals surface area contributed by atoms with Crippen molar-refractivity contribution in [1.29, 1.82) is 0 Å². The molecule has 1 fully saturated rings. The second-order valence-electron chi connectivity index (χ2n) is 10.9. The van der Waals surface area contributed by atoms with Gasteiger partial charge in [0.2, 0.25) is 0 Å². The molecule has 0 aliphatic heterocycles. The number of hydrogen-bond donors (Lipinski definition) is 0. The predicted molar refractivity (Wildman–Crippen MR) is 127 cm³/mol. The van der Waals surface area contributed by atoms with Crippen LogP contribution in [0.1, 0.15) is 95.8 Å². The van der Waals surface area contributed by atoms with E-state index in [1.807, 2.05) is 0 Å². The Hall–Kier alpha value is -1.82. The summed E-state index contributed by atoms with van der Waals surface area (Å²) in [6, 6.07) is 16.0. The largest absolute Gasteiger partial charge is 0.0646 e. The first kappa shape index (κ1) is 20.5. The van der Waals surface area contributed by atoms with Gasteiger partial charge in [0.25, 0.3) is 0 Å². The van der Waals surface area contributed by atoms with Crippen molar-refractivity contribution in [2.75, 3.05) is 0 Å². The summed E-state index contributed by atoms with van der Waals surface area (Å²) in [6.07, 6.45) is 14.9. The molecule has 0 saturated heterocycles. The SMILES string of the molecule is CC1(CC2=Cc3c(cccc3-c3ccccc3C(C)(C)C)C2)CCCCCCC1. The van der Waals surface area contributed by atoms with Crippen molar-refractivity contribution in [1.82, 2.24) is 0 Å². The van der Waals surface area contributed by atoms with Crippen molar-refractivity contribution in [2.24, 2.45) is 5.41 Å². The van der Waals surface area contributed by atoms with Gasteiger partial charge < -0.3 is 0 Å². The normalized spacial score (nSPS) is 19.2. The Morgan fingerprint density at radius 3 is 2.17 bits per heavy atom. The summed E-state index contributed by atoms with van der Waals surface area (Å²) >= 11 is 0. The first-order valence-electron chi connectivity index (χ1n) is 11.8. The first-order valence-corrected chi connectivity index (χ1v) is 11.8. The molecule has 2 aliphatic rings. The Labute approximate surface area is 178 Å². The van der Waals surface area contributed by atoms with Gasteiger partial charge in [-0.25, -0.2) is 0 Å². The molecule has 0 heteroatoms. The molecule has 0 bridgehead atoms. The van der Waals surface area contributed by atoms with Gasteiger partial charge in [0, 0.05) is 0 Å². The second-order valence-corrected chi connectivity index (χ2v) is 10.9. The van der Waals surface area contributed by atoms with Gasteiger partial charge in [-0.15, -0.1) is 0 Å². The molecule has 154 valence electrons. The first-order chi connectivity index (χ1) is 13.9. The molecule has 0 aromatic heterocycles. The maximum Gasteiger partial charge on any atom is -0.00574 e. The zero-order valence-corrected chi connectivity index (χ0v) is 19.0.